The Morgan fingerprint density at radius 3 is 1.92 bits per heavy atom. The molecule has 24 heavy (non-hydrogen) atoms. The highest BCUT2D eigenvalue weighted by Crippen LogP contribution is 2.19. The summed E-state index contributed by atoms with van der Waals surface area (Å²) in [6.07, 6.45) is 2.00. The molecule has 0 saturated carbocycles. The third-order valence-electron chi connectivity index (χ3n) is 3.35. The van der Waals surface area contributed by atoms with Gasteiger partial charge in [0.05, 0.1) is 4.90 Å². The van der Waals surface area contributed by atoms with Crippen molar-refractivity contribution in [1.82, 2.24) is 0 Å². The molecule has 2 aromatic carbocycles. The first kappa shape index (κ1) is 18.6. The Hall–Kier alpha value is -1.72. The van der Waals surface area contributed by atoms with Gasteiger partial charge in [-0.1, -0.05) is 55.3 Å². The van der Waals surface area contributed by atoms with Crippen molar-refractivity contribution in [3.8, 4) is 0 Å². The molecule has 0 aromatic heterocycles. The smallest absolute Gasteiger partial charge is 0.199 e. The van der Waals surface area contributed by atoms with Crippen LogP contribution in [0.5, 0.6) is 0 Å². The second-order valence-corrected chi connectivity index (χ2v) is 9.45. The molecule has 128 valence electrons. The number of aryl methyl sites for hydroxylation is 2. The molecule has 0 N–H and O–H groups in total. The first-order chi connectivity index (χ1) is 11.3. The fraction of sp³-hybridized carbons (Fsp3) is 0.263. The molecule has 1 unspecified atom stereocenters. The minimum atomic E-state index is -3.70. The third kappa shape index (κ3) is 5.14. The van der Waals surface area contributed by atoms with Crippen molar-refractivity contribution >= 4 is 20.7 Å². The zero-order chi connectivity index (χ0) is 17.7. The van der Waals surface area contributed by atoms with Crippen molar-refractivity contribution in [3.05, 3.63) is 71.1 Å². The first-order valence-electron chi connectivity index (χ1n) is 7.81. The minimum Gasteiger partial charge on any atom is -0.199 e. The zero-order valence-corrected chi connectivity index (χ0v) is 16.1. The molecule has 0 radical (unpaired) electrons. The van der Waals surface area contributed by atoms with E-state index in [0.29, 0.717) is 5.92 Å². The maximum absolute atomic E-state index is 12.6. The highest BCUT2D eigenvalue weighted by molar-refractivity contribution is 8.01. The van der Waals surface area contributed by atoms with Gasteiger partial charge in [-0.3, -0.25) is 0 Å². The Morgan fingerprint density at radius 1 is 0.917 bits per heavy atom. The van der Waals surface area contributed by atoms with Crippen LogP contribution in [0.1, 0.15) is 25.0 Å². The molecule has 0 bridgehead atoms. The molecule has 5 heteroatoms. The van der Waals surface area contributed by atoms with Crippen LogP contribution in [0.25, 0.3) is 0 Å². The lowest BCUT2D eigenvalue weighted by atomic mass is 10.2. The number of hydrogen-bond donors (Lipinski definition) is 0. The summed E-state index contributed by atoms with van der Waals surface area (Å²) in [4.78, 5) is 1.13. The standard InChI is InChI=1S/C19H23NO2S2/c1-15(2)13-14-23(18-9-5-16(3)6-10-18)20-24(21,22)19-11-7-17(4)8-12-19/h5-15H,1-4H3/b14-13+. The lowest BCUT2D eigenvalue weighted by Crippen LogP contribution is -2.00. The van der Waals surface area contributed by atoms with Crippen molar-refractivity contribution in [1.29, 1.82) is 0 Å². The number of benzene rings is 2. The minimum absolute atomic E-state index is 0.232. The van der Waals surface area contributed by atoms with Crippen LogP contribution in [0.15, 0.2) is 73.6 Å². The second-order valence-electron chi connectivity index (χ2n) is 6.06. The summed E-state index contributed by atoms with van der Waals surface area (Å²) in [6, 6.07) is 14.6. The molecule has 0 saturated heterocycles. The van der Waals surface area contributed by atoms with Gasteiger partial charge in [-0.25, -0.2) is 0 Å². The number of sulfonamides is 1. The van der Waals surface area contributed by atoms with Gasteiger partial charge in [0.25, 0.3) is 10.0 Å². The van der Waals surface area contributed by atoms with E-state index < -0.39 is 20.7 Å². The Bertz CT molecular complexity index is 847. The molecular formula is C19H23NO2S2. The van der Waals surface area contributed by atoms with Crippen LogP contribution in [0.2, 0.25) is 0 Å². The zero-order valence-electron chi connectivity index (χ0n) is 14.4. The van der Waals surface area contributed by atoms with E-state index >= 15 is 0 Å². The molecular weight excluding hydrogens is 338 g/mol. The molecule has 0 amide bonds. The average Bonchev–Trinajstić information content (AvgIpc) is 2.52. The van der Waals surface area contributed by atoms with Crippen LogP contribution >= 0.6 is 0 Å². The van der Waals surface area contributed by atoms with Gasteiger partial charge in [0.15, 0.2) is 0 Å². The quantitative estimate of drug-likeness (QED) is 0.750. The van der Waals surface area contributed by atoms with E-state index in [1.807, 2.05) is 49.6 Å². The molecule has 0 heterocycles. The maximum atomic E-state index is 12.6. The van der Waals surface area contributed by atoms with Crippen LogP contribution in [0, 0.1) is 19.8 Å². The molecule has 0 aliphatic rings. The van der Waals surface area contributed by atoms with Gasteiger partial charge in [0, 0.05) is 4.90 Å². The van der Waals surface area contributed by atoms with Gasteiger partial charge < -0.3 is 0 Å². The van der Waals surface area contributed by atoms with Crippen molar-refractivity contribution < 1.29 is 8.42 Å². The van der Waals surface area contributed by atoms with Gasteiger partial charge in [0.1, 0.15) is 0 Å². The average molecular weight is 362 g/mol. The normalized spacial score (nSPS) is 13.7. The fourth-order valence-corrected chi connectivity index (χ4v) is 5.16. The van der Waals surface area contributed by atoms with E-state index in [2.05, 4.69) is 17.6 Å². The van der Waals surface area contributed by atoms with E-state index in [9.17, 15) is 8.42 Å². The number of nitrogens with zero attached hydrogens (tertiary/aromatic N) is 1. The summed E-state index contributed by atoms with van der Waals surface area (Å²) in [6.45, 7) is 8.05. The van der Waals surface area contributed by atoms with E-state index in [1.165, 1.54) is 0 Å². The van der Waals surface area contributed by atoms with Crippen molar-refractivity contribution in [3.63, 3.8) is 0 Å². The summed E-state index contributed by atoms with van der Waals surface area (Å²) in [5.41, 5.74) is 2.16. The SMILES string of the molecule is Cc1ccc(S(/C=C/C(C)C)=N/S(=O)(=O)c2ccc(C)cc2)cc1. The van der Waals surface area contributed by atoms with E-state index in [4.69, 9.17) is 0 Å². The van der Waals surface area contributed by atoms with Crippen LogP contribution in [0.4, 0.5) is 0 Å². The lowest BCUT2D eigenvalue weighted by Gasteiger charge is -2.06. The molecule has 0 aliphatic carbocycles. The number of allylic oxidation sites excluding steroid dienone is 1. The lowest BCUT2D eigenvalue weighted by molar-refractivity contribution is 0.598. The molecule has 1 atom stereocenters. The highest BCUT2D eigenvalue weighted by atomic mass is 32.3. The second kappa shape index (κ2) is 7.90. The summed E-state index contributed by atoms with van der Waals surface area (Å²) < 4.78 is 29.5. The predicted octanol–water partition coefficient (Wildman–Crippen LogP) is 5.02. The Labute approximate surface area is 147 Å². The molecule has 0 spiro atoms. The summed E-state index contributed by atoms with van der Waals surface area (Å²) >= 11 is 0. The Kier molecular flexibility index (Phi) is 6.13. The summed E-state index contributed by atoms with van der Waals surface area (Å²) in [7, 11) is -4.53. The van der Waals surface area contributed by atoms with Crippen molar-refractivity contribution in [2.24, 2.45) is 9.69 Å². The molecule has 0 aliphatic heterocycles. The van der Waals surface area contributed by atoms with Crippen LogP contribution in [-0.2, 0) is 20.7 Å². The Balaban J connectivity index is 2.50. The van der Waals surface area contributed by atoms with E-state index in [0.717, 1.165) is 16.0 Å². The monoisotopic (exact) mass is 361 g/mol. The largest absolute Gasteiger partial charge is 0.288 e. The molecule has 2 aromatic rings. The highest BCUT2D eigenvalue weighted by Gasteiger charge is 2.14. The van der Waals surface area contributed by atoms with Gasteiger partial charge >= 0.3 is 0 Å². The van der Waals surface area contributed by atoms with Gasteiger partial charge in [0.2, 0.25) is 0 Å². The van der Waals surface area contributed by atoms with Crippen molar-refractivity contribution in [2.75, 3.05) is 0 Å². The van der Waals surface area contributed by atoms with E-state index in [-0.39, 0.29) is 4.90 Å². The van der Waals surface area contributed by atoms with Gasteiger partial charge in [-0.15, -0.1) is 3.77 Å². The molecule has 3 nitrogen and oxygen atoms in total. The number of rotatable bonds is 5. The van der Waals surface area contributed by atoms with Crippen LogP contribution in [0.3, 0.4) is 0 Å². The molecule has 0 fully saturated rings. The predicted molar refractivity (Wildman–Crippen MR) is 102 cm³/mol. The van der Waals surface area contributed by atoms with Gasteiger partial charge in [-0.05, 0) is 60.1 Å². The Morgan fingerprint density at radius 2 is 1.42 bits per heavy atom. The number of hydrogen-bond acceptors (Lipinski definition) is 2. The van der Waals surface area contributed by atoms with Crippen molar-refractivity contribution in [2.45, 2.75) is 37.5 Å². The first-order valence-corrected chi connectivity index (χ1v) is 10.5. The third-order valence-corrected chi connectivity index (χ3v) is 6.82. The fourth-order valence-electron chi connectivity index (χ4n) is 1.91. The molecule has 2 rings (SSSR count). The van der Waals surface area contributed by atoms with Crippen LogP contribution in [-0.4, -0.2) is 8.42 Å². The van der Waals surface area contributed by atoms with Crippen LogP contribution < -0.4 is 0 Å². The van der Waals surface area contributed by atoms with Gasteiger partial charge in [-0.2, -0.15) is 8.42 Å². The summed E-state index contributed by atoms with van der Waals surface area (Å²) in [5.74, 6) is 0.336. The summed E-state index contributed by atoms with van der Waals surface area (Å²) in [5, 5.41) is 1.89. The van der Waals surface area contributed by atoms with E-state index in [1.54, 1.807) is 24.3 Å². The topological polar surface area (TPSA) is 46.5 Å². The maximum Gasteiger partial charge on any atom is 0.288 e.